The van der Waals surface area contributed by atoms with Gasteiger partial charge in [-0.05, 0) is 32.2 Å². The Labute approximate surface area is 99.4 Å². The first-order valence-corrected chi connectivity index (χ1v) is 6.42. The van der Waals surface area contributed by atoms with Gasteiger partial charge in [0.2, 0.25) is 5.91 Å². The lowest BCUT2D eigenvalue weighted by molar-refractivity contribution is -0.130. The quantitative estimate of drug-likeness (QED) is 0.769. The zero-order chi connectivity index (χ0) is 12.2. The third-order valence-corrected chi connectivity index (χ3v) is 3.90. The van der Waals surface area contributed by atoms with Crippen molar-refractivity contribution in [2.24, 2.45) is 11.3 Å². The molecule has 1 aliphatic carbocycles. The maximum Gasteiger partial charge on any atom is 0.223 e. The average Bonchev–Trinajstić information content (AvgIpc) is 2.24. The molecule has 16 heavy (non-hydrogen) atoms. The molecule has 0 saturated heterocycles. The Morgan fingerprint density at radius 3 is 2.69 bits per heavy atom. The highest BCUT2D eigenvalue weighted by atomic mass is 16.1. The van der Waals surface area contributed by atoms with E-state index in [1.54, 1.807) is 0 Å². The van der Waals surface area contributed by atoms with Gasteiger partial charge in [0.15, 0.2) is 0 Å². The second-order valence-corrected chi connectivity index (χ2v) is 5.72. The maximum absolute atomic E-state index is 12.1. The first-order valence-electron chi connectivity index (χ1n) is 6.42. The van der Waals surface area contributed by atoms with Gasteiger partial charge in [0.25, 0.3) is 0 Å². The van der Waals surface area contributed by atoms with Crippen molar-refractivity contribution in [1.29, 1.82) is 0 Å². The second-order valence-electron chi connectivity index (χ2n) is 5.72. The van der Waals surface area contributed by atoms with E-state index >= 15 is 0 Å². The zero-order valence-corrected chi connectivity index (χ0v) is 11.1. The van der Waals surface area contributed by atoms with Gasteiger partial charge in [0.1, 0.15) is 0 Å². The average molecular weight is 226 g/mol. The first-order chi connectivity index (χ1) is 7.47. The molecule has 0 aromatic carbocycles. The van der Waals surface area contributed by atoms with Crippen LogP contribution >= 0.6 is 0 Å². The number of rotatable bonds is 4. The summed E-state index contributed by atoms with van der Waals surface area (Å²) in [6.07, 6.45) is 4.69. The van der Waals surface area contributed by atoms with Crippen molar-refractivity contribution in [3.05, 3.63) is 0 Å². The predicted octanol–water partition coefficient (Wildman–Crippen LogP) is 1.93. The molecule has 2 unspecified atom stereocenters. The fourth-order valence-electron chi connectivity index (χ4n) is 2.46. The van der Waals surface area contributed by atoms with E-state index in [4.69, 9.17) is 0 Å². The van der Waals surface area contributed by atoms with Gasteiger partial charge in [0.05, 0.1) is 0 Å². The van der Waals surface area contributed by atoms with Crippen LogP contribution in [-0.2, 0) is 4.79 Å². The second kappa shape index (κ2) is 5.67. The number of likely N-dealkylation sites (N-methyl/N-ethyl adjacent to an activating group) is 1. The molecular weight excluding hydrogens is 200 g/mol. The van der Waals surface area contributed by atoms with E-state index in [0.29, 0.717) is 6.04 Å². The van der Waals surface area contributed by atoms with Crippen molar-refractivity contribution in [2.45, 2.75) is 52.5 Å². The summed E-state index contributed by atoms with van der Waals surface area (Å²) in [5.41, 5.74) is 0.172. The topological polar surface area (TPSA) is 41.1 Å². The molecule has 3 heteroatoms. The van der Waals surface area contributed by atoms with Crippen molar-refractivity contribution in [3.63, 3.8) is 0 Å². The van der Waals surface area contributed by atoms with E-state index in [-0.39, 0.29) is 17.2 Å². The van der Waals surface area contributed by atoms with Crippen LogP contribution in [0, 0.1) is 11.3 Å². The summed E-state index contributed by atoms with van der Waals surface area (Å²) in [5, 5.41) is 6.19. The molecule has 3 nitrogen and oxygen atoms in total. The highest BCUT2D eigenvalue weighted by Gasteiger charge is 2.36. The summed E-state index contributed by atoms with van der Waals surface area (Å²) in [6.45, 7) is 7.24. The van der Waals surface area contributed by atoms with Crippen LogP contribution in [0.4, 0.5) is 0 Å². The molecule has 1 saturated carbocycles. The lowest BCUT2D eigenvalue weighted by Crippen LogP contribution is -2.45. The Hall–Kier alpha value is -0.570. The highest BCUT2D eigenvalue weighted by Crippen LogP contribution is 2.40. The maximum atomic E-state index is 12.1. The summed E-state index contributed by atoms with van der Waals surface area (Å²) < 4.78 is 0. The molecule has 1 fully saturated rings. The minimum absolute atomic E-state index is 0.172. The van der Waals surface area contributed by atoms with E-state index < -0.39 is 0 Å². The Morgan fingerprint density at radius 2 is 2.12 bits per heavy atom. The minimum Gasteiger partial charge on any atom is -0.354 e. The van der Waals surface area contributed by atoms with E-state index in [1.807, 2.05) is 7.05 Å². The Balaban J connectivity index is 2.46. The lowest BCUT2D eigenvalue weighted by atomic mass is 9.68. The molecule has 2 N–H and O–H groups in total. The fraction of sp³-hybridized carbons (Fsp3) is 0.923. The van der Waals surface area contributed by atoms with Crippen molar-refractivity contribution in [3.8, 4) is 0 Å². The minimum atomic E-state index is 0.172. The molecule has 0 heterocycles. The molecular formula is C13H26N2O. The van der Waals surface area contributed by atoms with Gasteiger partial charge in [-0.2, -0.15) is 0 Å². The first kappa shape index (κ1) is 13.5. The third-order valence-electron chi connectivity index (χ3n) is 3.90. The van der Waals surface area contributed by atoms with Gasteiger partial charge in [-0.1, -0.05) is 26.7 Å². The zero-order valence-electron chi connectivity index (χ0n) is 11.1. The fourth-order valence-corrected chi connectivity index (χ4v) is 2.46. The molecule has 94 valence electrons. The number of hydrogen-bond donors (Lipinski definition) is 2. The van der Waals surface area contributed by atoms with Gasteiger partial charge in [-0.3, -0.25) is 4.79 Å². The number of amides is 1. The smallest absolute Gasteiger partial charge is 0.223 e. The summed E-state index contributed by atoms with van der Waals surface area (Å²) in [4.78, 5) is 12.1. The molecule has 0 radical (unpaired) electrons. The van der Waals surface area contributed by atoms with Gasteiger partial charge in [0, 0.05) is 18.5 Å². The monoisotopic (exact) mass is 226 g/mol. The van der Waals surface area contributed by atoms with Crippen LogP contribution < -0.4 is 10.6 Å². The summed E-state index contributed by atoms with van der Waals surface area (Å²) in [6, 6.07) is 0.343. The van der Waals surface area contributed by atoms with E-state index in [2.05, 4.69) is 31.4 Å². The molecule has 0 aliphatic heterocycles. The summed E-state index contributed by atoms with van der Waals surface area (Å²) in [5.74, 6) is 0.442. The molecule has 1 aliphatic rings. The lowest BCUT2D eigenvalue weighted by Gasteiger charge is -2.37. The molecule has 2 atom stereocenters. The van der Waals surface area contributed by atoms with Crippen LogP contribution in [0.1, 0.15) is 46.5 Å². The Kier molecular flexibility index (Phi) is 4.78. The normalized spacial score (nSPS) is 26.1. The summed E-state index contributed by atoms with van der Waals surface area (Å²) >= 11 is 0. The standard InChI is InChI=1S/C13H26N2O/c1-10(14-4)9-15-12(16)11-7-5-6-8-13(11,2)3/h10-11,14H,5-9H2,1-4H3,(H,15,16). The van der Waals surface area contributed by atoms with Gasteiger partial charge in [-0.25, -0.2) is 0 Å². The Morgan fingerprint density at radius 1 is 1.44 bits per heavy atom. The molecule has 1 rings (SSSR count). The largest absolute Gasteiger partial charge is 0.354 e. The van der Waals surface area contributed by atoms with Crippen LogP contribution in [-0.4, -0.2) is 25.5 Å². The molecule has 0 spiro atoms. The molecule has 0 aromatic rings. The van der Waals surface area contributed by atoms with Crippen LogP contribution in [0.25, 0.3) is 0 Å². The van der Waals surface area contributed by atoms with Crippen LogP contribution in [0.3, 0.4) is 0 Å². The molecule has 0 bridgehead atoms. The summed E-state index contributed by atoms with van der Waals surface area (Å²) in [7, 11) is 1.92. The third kappa shape index (κ3) is 3.48. The van der Waals surface area contributed by atoms with Gasteiger partial charge < -0.3 is 10.6 Å². The number of carbonyl (C=O) groups excluding carboxylic acids is 1. The van der Waals surface area contributed by atoms with Crippen molar-refractivity contribution < 1.29 is 4.79 Å². The Bertz CT molecular complexity index is 238. The van der Waals surface area contributed by atoms with Crippen LogP contribution in [0.2, 0.25) is 0 Å². The number of nitrogens with one attached hydrogen (secondary N) is 2. The van der Waals surface area contributed by atoms with E-state index in [9.17, 15) is 4.79 Å². The number of hydrogen-bond acceptors (Lipinski definition) is 2. The molecule has 0 aromatic heterocycles. The molecule has 1 amide bonds. The van der Waals surface area contributed by atoms with Crippen LogP contribution in [0.5, 0.6) is 0 Å². The SMILES string of the molecule is CNC(C)CNC(=O)C1CCCCC1(C)C. The van der Waals surface area contributed by atoms with E-state index in [1.165, 1.54) is 19.3 Å². The van der Waals surface area contributed by atoms with Crippen molar-refractivity contribution in [2.75, 3.05) is 13.6 Å². The van der Waals surface area contributed by atoms with Crippen molar-refractivity contribution >= 4 is 5.91 Å². The number of carbonyl (C=O) groups is 1. The van der Waals surface area contributed by atoms with E-state index in [0.717, 1.165) is 13.0 Å². The van der Waals surface area contributed by atoms with Crippen molar-refractivity contribution in [1.82, 2.24) is 10.6 Å². The predicted molar refractivity (Wildman–Crippen MR) is 67.3 cm³/mol. The van der Waals surface area contributed by atoms with Gasteiger partial charge in [-0.15, -0.1) is 0 Å². The van der Waals surface area contributed by atoms with Crippen LogP contribution in [0.15, 0.2) is 0 Å². The van der Waals surface area contributed by atoms with Gasteiger partial charge >= 0.3 is 0 Å². The highest BCUT2D eigenvalue weighted by molar-refractivity contribution is 5.79.